The Balaban J connectivity index is 1.52. The van der Waals surface area contributed by atoms with Crippen LogP contribution in [0.3, 0.4) is 0 Å². The Labute approximate surface area is 166 Å². The van der Waals surface area contributed by atoms with Gasteiger partial charge in [-0.1, -0.05) is 25.4 Å². The summed E-state index contributed by atoms with van der Waals surface area (Å²) in [4.78, 5) is 6.97. The van der Waals surface area contributed by atoms with Gasteiger partial charge in [0, 0.05) is 36.7 Å². The molecule has 0 bridgehead atoms. The van der Waals surface area contributed by atoms with Crippen LogP contribution in [0.2, 0.25) is 5.02 Å². The minimum absolute atomic E-state index is 0.0203. The van der Waals surface area contributed by atoms with E-state index in [0.29, 0.717) is 16.6 Å². The summed E-state index contributed by atoms with van der Waals surface area (Å²) in [5.74, 6) is 0.682. The zero-order valence-electron chi connectivity index (χ0n) is 16.3. The first kappa shape index (κ1) is 20.3. The van der Waals surface area contributed by atoms with E-state index in [1.54, 1.807) is 6.20 Å². The van der Waals surface area contributed by atoms with E-state index in [4.69, 9.17) is 17.3 Å². The number of nitrogen functional groups attached to an aromatic ring is 1. The molecule has 1 saturated heterocycles. The van der Waals surface area contributed by atoms with Gasteiger partial charge in [0.25, 0.3) is 0 Å². The Morgan fingerprint density at radius 1 is 1.37 bits per heavy atom. The minimum Gasteiger partial charge on any atom is -0.397 e. The third kappa shape index (κ3) is 5.11. The largest absolute Gasteiger partial charge is 0.397 e. The number of fused-ring (bicyclic) bond motifs is 1. The fourth-order valence-corrected chi connectivity index (χ4v) is 4.09. The highest BCUT2D eigenvalue weighted by molar-refractivity contribution is 6.34. The molecule has 0 radical (unpaired) electrons. The van der Waals surface area contributed by atoms with Gasteiger partial charge in [-0.05, 0) is 62.2 Å². The lowest BCUT2D eigenvalue weighted by atomic mass is 9.91. The third-order valence-corrected chi connectivity index (χ3v) is 5.81. The highest BCUT2D eigenvalue weighted by atomic mass is 35.5. The number of nitrogens with zero attached hydrogens (tertiary/aromatic N) is 2. The Kier molecular flexibility index (Phi) is 6.58. The van der Waals surface area contributed by atoms with Crippen LogP contribution in [0.1, 0.15) is 32.3 Å². The van der Waals surface area contributed by atoms with Crippen LogP contribution < -0.4 is 11.1 Å². The second kappa shape index (κ2) is 8.74. The number of aliphatic hydroxyl groups is 1. The Bertz CT molecular complexity index is 772. The maximum Gasteiger partial charge on any atom is 0.0768 e. The SMILES string of the molecule is CC(C)(CO)CN1CCC(CNCc2cc(Cl)c(N)c3cccnc23)CC1. The van der Waals surface area contributed by atoms with Gasteiger partial charge in [-0.2, -0.15) is 0 Å². The standard InChI is InChI=1S/C21H31ClN4O/c1-21(2,14-27)13-26-8-5-15(6-9-26)11-24-12-16-10-18(22)19(23)17-4-3-7-25-20(16)17/h3-4,7,10,15,24,27H,5-6,8-9,11-14,23H2,1-2H3. The highest BCUT2D eigenvalue weighted by Crippen LogP contribution is 2.30. The lowest BCUT2D eigenvalue weighted by molar-refractivity contribution is 0.0812. The average Bonchev–Trinajstić information content (AvgIpc) is 2.67. The van der Waals surface area contributed by atoms with Crippen molar-refractivity contribution in [3.05, 3.63) is 35.0 Å². The van der Waals surface area contributed by atoms with Gasteiger partial charge >= 0.3 is 0 Å². The Morgan fingerprint density at radius 2 is 2.11 bits per heavy atom. The molecule has 148 valence electrons. The third-order valence-electron chi connectivity index (χ3n) is 5.50. The molecule has 1 aromatic heterocycles. The fourth-order valence-electron chi connectivity index (χ4n) is 3.86. The van der Waals surface area contributed by atoms with Crippen LogP contribution in [0, 0.1) is 11.3 Å². The van der Waals surface area contributed by atoms with Crippen molar-refractivity contribution < 1.29 is 5.11 Å². The van der Waals surface area contributed by atoms with Gasteiger partial charge in [-0.25, -0.2) is 0 Å². The monoisotopic (exact) mass is 390 g/mol. The van der Waals surface area contributed by atoms with Crippen LogP contribution in [0.15, 0.2) is 24.4 Å². The number of piperidine rings is 1. The van der Waals surface area contributed by atoms with Crippen molar-refractivity contribution in [1.29, 1.82) is 0 Å². The van der Waals surface area contributed by atoms with E-state index in [9.17, 15) is 5.11 Å². The van der Waals surface area contributed by atoms with Crippen LogP contribution in [0.5, 0.6) is 0 Å². The molecule has 4 N–H and O–H groups in total. The number of halogens is 1. The van der Waals surface area contributed by atoms with Crippen LogP contribution >= 0.6 is 11.6 Å². The molecule has 27 heavy (non-hydrogen) atoms. The average molecular weight is 391 g/mol. The molecule has 0 unspecified atom stereocenters. The summed E-state index contributed by atoms with van der Waals surface area (Å²) in [6, 6.07) is 5.79. The van der Waals surface area contributed by atoms with Crippen molar-refractivity contribution in [2.24, 2.45) is 11.3 Å². The van der Waals surface area contributed by atoms with Crippen LogP contribution in [0.4, 0.5) is 5.69 Å². The Morgan fingerprint density at radius 3 is 2.81 bits per heavy atom. The van der Waals surface area contributed by atoms with E-state index in [0.717, 1.165) is 49.2 Å². The zero-order chi connectivity index (χ0) is 19.4. The molecule has 5 nitrogen and oxygen atoms in total. The van der Waals surface area contributed by atoms with E-state index >= 15 is 0 Å². The first-order chi connectivity index (χ1) is 12.9. The quantitative estimate of drug-likeness (QED) is 0.632. The number of nitrogens with two attached hydrogens (primary N) is 1. The summed E-state index contributed by atoms with van der Waals surface area (Å²) in [6.07, 6.45) is 4.18. The van der Waals surface area contributed by atoms with E-state index in [1.165, 1.54) is 12.8 Å². The number of aliphatic hydroxyl groups excluding tert-OH is 1. The van der Waals surface area contributed by atoms with Gasteiger partial charge in [0.05, 0.1) is 16.2 Å². The number of aromatic nitrogens is 1. The second-order valence-corrected chi connectivity index (χ2v) is 8.91. The van der Waals surface area contributed by atoms with Gasteiger partial charge in [-0.15, -0.1) is 0 Å². The van der Waals surface area contributed by atoms with Crippen molar-refractivity contribution in [3.63, 3.8) is 0 Å². The molecule has 1 aliphatic rings. The molecule has 2 aromatic rings. The highest BCUT2D eigenvalue weighted by Gasteiger charge is 2.25. The van der Waals surface area contributed by atoms with Crippen molar-refractivity contribution in [2.75, 3.05) is 38.5 Å². The van der Waals surface area contributed by atoms with Gasteiger partial charge in [0.1, 0.15) is 0 Å². The molecule has 0 saturated carbocycles. The van der Waals surface area contributed by atoms with Crippen molar-refractivity contribution in [3.8, 4) is 0 Å². The van der Waals surface area contributed by atoms with E-state index in [1.807, 2.05) is 18.2 Å². The number of rotatable bonds is 7. The summed E-state index contributed by atoms with van der Waals surface area (Å²) < 4.78 is 0. The Hall–Kier alpha value is -1.40. The number of pyridine rings is 1. The fraction of sp³-hybridized carbons (Fsp3) is 0.571. The number of anilines is 1. The molecule has 6 heteroatoms. The van der Waals surface area contributed by atoms with E-state index in [2.05, 4.69) is 29.0 Å². The van der Waals surface area contributed by atoms with E-state index < -0.39 is 0 Å². The van der Waals surface area contributed by atoms with Gasteiger partial charge < -0.3 is 21.1 Å². The predicted octanol–water partition coefficient (Wildman–Crippen LogP) is 3.29. The smallest absolute Gasteiger partial charge is 0.0768 e. The summed E-state index contributed by atoms with van der Waals surface area (Å²) in [5, 5.41) is 14.5. The minimum atomic E-state index is -0.0203. The molecular formula is C21H31ClN4O. The molecule has 1 fully saturated rings. The summed E-state index contributed by atoms with van der Waals surface area (Å²) in [7, 11) is 0. The number of nitrogens with one attached hydrogen (secondary N) is 1. The first-order valence-electron chi connectivity index (χ1n) is 9.75. The molecule has 0 aliphatic carbocycles. The second-order valence-electron chi connectivity index (χ2n) is 8.50. The first-order valence-corrected chi connectivity index (χ1v) is 10.1. The van der Waals surface area contributed by atoms with E-state index in [-0.39, 0.29) is 12.0 Å². The van der Waals surface area contributed by atoms with Gasteiger partial charge in [0.2, 0.25) is 0 Å². The lowest BCUT2D eigenvalue weighted by Gasteiger charge is -2.36. The maximum atomic E-state index is 9.45. The number of likely N-dealkylation sites (tertiary alicyclic amines) is 1. The molecule has 1 aromatic carbocycles. The van der Waals surface area contributed by atoms with Crippen molar-refractivity contribution in [1.82, 2.24) is 15.2 Å². The molecule has 2 heterocycles. The predicted molar refractivity (Wildman–Crippen MR) is 113 cm³/mol. The summed E-state index contributed by atoms with van der Waals surface area (Å²) in [6.45, 7) is 9.39. The van der Waals surface area contributed by atoms with Crippen LogP contribution in [0.25, 0.3) is 10.9 Å². The topological polar surface area (TPSA) is 74.4 Å². The van der Waals surface area contributed by atoms with Crippen molar-refractivity contribution in [2.45, 2.75) is 33.2 Å². The normalized spacial score (nSPS) is 16.9. The van der Waals surface area contributed by atoms with Crippen LogP contribution in [-0.2, 0) is 6.54 Å². The molecule has 0 atom stereocenters. The summed E-state index contributed by atoms with van der Waals surface area (Å²) in [5.41, 5.74) is 8.68. The lowest BCUT2D eigenvalue weighted by Crippen LogP contribution is -2.42. The van der Waals surface area contributed by atoms with Crippen molar-refractivity contribution >= 4 is 28.2 Å². The van der Waals surface area contributed by atoms with Gasteiger partial charge in [-0.3, -0.25) is 4.98 Å². The molecule has 0 spiro atoms. The van der Waals surface area contributed by atoms with Crippen LogP contribution in [-0.4, -0.2) is 47.8 Å². The van der Waals surface area contributed by atoms with Gasteiger partial charge in [0.15, 0.2) is 0 Å². The molecule has 3 rings (SSSR count). The molecule has 1 aliphatic heterocycles. The zero-order valence-corrected chi connectivity index (χ0v) is 17.1. The number of hydrogen-bond acceptors (Lipinski definition) is 5. The molecular weight excluding hydrogens is 360 g/mol. The molecule has 0 amide bonds. The number of hydrogen-bond donors (Lipinski definition) is 3. The maximum absolute atomic E-state index is 9.45. The summed E-state index contributed by atoms with van der Waals surface area (Å²) >= 11 is 6.30. The number of benzene rings is 1.